The molecule has 0 amide bonds. The Kier molecular flexibility index (Phi) is 5.65. The van der Waals surface area contributed by atoms with Crippen LogP contribution in [-0.4, -0.2) is 49.1 Å². The van der Waals surface area contributed by atoms with Crippen LogP contribution in [0, 0.1) is 0 Å². The largest absolute Gasteiger partial charge is 0.380 e. The minimum Gasteiger partial charge on any atom is -0.380 e. The van der Waals surface area contributed by atoms with E-state index in [1.165, 1.54) is 5.56 Å². The molecule has 0 spiro atoms. The standard InChI is InChI=1S/C23H25N3O2/c27-22-20(19-9-5-2-6-10-19)21(23(22)28)24-11-12-25-13-15-26(16-14-25)17-18-7-3-1-4-8-18/h1-10,24H,11-17H2. The van der Waals surface area contributed by atoms with Crippen molar-refractivity contribution in [2.45, 2.75) is 6.54 Å². The second-order valence-electron chi connectivity index (χ2n) is 7.30. The van der Waals surface area contributed by atoms with Crippen LogP contribution >= 0.6 is 0 Å². The van der Waals surface area contributed by atoms with Crippen molar-refractivity contribution >= 4 is 5.69 Å². The second-order valence-corrected chi connectivity index (χ2v) is 7.30. The van der Waals surface area contributed by atoms with E-state index in [4.69, 9.17) is 0 Å². The summed E-state index contributed by atoms with van der Waals surface area (Å²) in [6, 6.07) is 20.0. The second kappa shape index (κ2) is 8.50. The molecule has 0 radical (unpaired) electrons. The normalized spacial score (nSPS) is 15.7. The molecule has 3 aromatic rings. The predicted molar refractivity (Wildman–Crippen MR) is 113 cm³/mol. The minimum absolute atomic E-state index is 0.386. The van der Waals surface area contributed by atoms with Gasteiger partial charge in [0.15, 0.2) is 0 Å². The van der Waals surface area contributed by atoms with E-state index < -0.39 is 5.43 Å². The van der Waals surface area contributed by atoms with E-state index in [2.05, 4.69) is 39.4 Å². The van der Waals surface area contributed by atoms with Gasteiger partial charge in [-0.3, -0.25) is 19.4 Å². The van der Waals surface area contributed by atoms with Gasteiger partial charge in [0.25, 0.3) is 0 Å². The molecule has 28 heavy (non-hydrogen) atoms. The Morgan fingerprint density at radius 3 is 2.04 bits per heavy atom. The molecular formula is C23H25N3O2. The van der Waals surface area contributed by atoms with Crippen molar-refractivity contribution in [1.29, 1.82) is 0 Å². The van der Waals surface area contributed by atoms with Gasteiger partial charge in [0.1, 0.15) is 0 Å². The van der Waals surface area contributed by atoms with Crippen molar-refractivity contribution < 1.29 is 0 Å². The van der Waals surface area contributed by atoms with E-state index in [-0.39, 0.29) is 5.43 Å². The van der Waals surface area contributed by atoms with Gasteiger partial charge in [-0.25, -0.2) is 0 Å². The summed E-state index contributed by atoms with van der Waals surface area (Å²) in [6.07, 6.45) is 0. The predicted octanol–water partition coefficient (Wildman–Crippen LogP) is 2.18. The first-order valence-electron chi connectivity index (χ1n) is 9.83. The van der Waals surface area contributed by atoms with Crippen LogP contribution in [0.15, 0.2) is 70.3 Å². The van der Waals surface area contributed by atoms with Crippen LogP contribution < -0.4 is 16.2 Å². The zero-order valence-electron chi connectivity index (χ0n) is 15.9. The summed E-state index contributed by atoms with van der Waals surface area (Å²) in [7, 11) is 0. The average molecular weight is 375 g/mol. The number of hydrogen-bond donors (Lipinski definition) is 1. The lowest BCUT2D eigenvalue weighted by Gasteiger charge is -2.34. The lowest BCUT2D eigenvalue weighted by atomic mass is 9.99. The van der Waals surface area contributed by atoms with E-state index in [1.807, 2.05) is 36.4 Å². The van der Waals surface area contributed by atoms with Gasteiger partial charge in [-0.1, -0.05) is 60.7 Å². The van der Waals surface area contributed by atoms with E-state index in [0.29, 0.717) is 17.8 Å². The topological polar surface area (TPSA) is 52.7 Å². The van der Waals surface area contributed by atoms with Gasteiger partial charge in [0.05, 0.1) is 11.3 Å². The summed E-state index contributed by atoms with van der Waals surface area (Å²) in [6.45, 7) is 6.67. The molecule has 3 aromatic carbocycles. The van der Waals surface area contributed by atoms with Crippen molar-refractivity contribution in [3.8, 4) is 11.1 Å². The fourth-order valence-electron chi connectivity index (χ4n) is 3.79. The Hall–Kier alpha value is -2.76. The maximum atomic E-state index is 12.0. The summed E-state index contributed by atoms with van der Waals surface area (Å²) >= 11 is 0. The number of anilines is 1. The van der Waals surface area contributed by atoms with Crippen LogP contribution in [0.5, 0.6) is 0 Å². The molecule has 1 N–H and O–H groups in total. The monoisotopic (exact) mass is 375 g/mol. The van der Waals surface area contributed by atoms with Gasteiger partial charge in [0, 0.05) is 45.8 Å². The van der Waals surface area contributed by atoms with Crippen LogP contribution in [0.1, 0.15) is 5.56 Å². The Morgan fingerprint density at radius 1 is 0.750 bits per heavy atom. The maximum Gasteiger partial charge on any atom is 0.250 e. The van der Waals surface area contributed by atoms with Gasteiger partial charge in [-0.2, -0.15) is 0 Å². The number of nitrogens with zero attached hydrogens (tertiary/aromatic N) is 2. The number of piperazine rings is 1. The first-order chi connectivity index (χ1) is 13.7. The molecule has 0 atom stereocenters. The lowest BCUT2D eigenvalue weighted by Crippen LogP contribution is -2.47. The smallest absolute Gasteiger partial charge is 0.250 e. The Balaban J connectivity index is 1.26. The van der Waals surface area contributed by atoms with E-state index in [1.54, 1.807) is 0 Å². The lowest BCUT2D eigenvalue weighted by molar-refractivity contribution is 0.130. The molecule has 1 fully saturated rings. The van der Waals surface area contributed by atoms with Crippen molar-refractivity contribution in [3.63, 3.8) is 0 Å². The molecule has 4 rings (SSSR count). The molecule has 5 heteroatoms. The molecule has 0 aliphatic carbocycles. The Bertz CT molecular complexity index is 970. The van der Waals surface area contributed by atoms with Crippen molar-refractivity contribution in [1.82, 2.24) is 9.80 Å². The third-order valence-corrected chi connectivity index (χ3v) is 5.42. The Morgan fingerprint density at radius 2 is 1.36 bits per heavy atom. The highest BCUT2D eigenvalue weighted by Crippen LogP contribution is 2.22. The molecule has 144 valence electrons. The SMILES string of the molecule is O=c1c(NCCN2CCN(Cc3ccccc3)CC2)c(-c2ccccc2)c1=O. The van der Waals surface area contributed by atoms with E-state index in [9.17, 15) is 9.59 Å². The summed E-state index contributed by atoms with van der Waals surface area (Å²) in [5, 5.41) is 3.20. The fourth-order valence-corrected chi connectivity index (χ4v) is 3.79. The highest BCUT2D eigenvalue weighted by Gasteiger charge is 2.22. The zero-order valence-corrected chi connectivity index (χ0v) is 15.9. The van der Waals surface area contributed by atoms with E-state index in [0.717, 1.165) is 44.8 Å². The van der Waals surface area contributed by atoms with Crippen molar-refractivity contribution in [2.24, 2.45) is 0 Å². The summed E-state index contributed by atoms with van der Waals surface area (Å²) in [5.41, 5.74) is 2.38. The third-order valence-electron chi connectivity index (χ3n) is 5.42. The highest BCUT2D eigenvalue weighted by atomic mass is 16.2. The zero-order chi connectivity index (χ0) is 19.3. The quantitative estimate of drug-likeness (QED) is 0.642. The molecule has 5 nitrogen and oxygen atoms in total. The van der Waals surface area contributed by atoms with Crippen LogP contribution in [0.25, 0.3) is 11.1 Å². The van der Waals surface area contributed by atoms with E-state index >= 15 is 0 Å². The number of nitrogens with one attached hydrogen (secondary N) is 1. The summed E-state index contributed by atoms with van der Waals surface area (Å²) in [4.78, 5) is 28.8. The molecule has 1 saturated heterocycles. The average Bonchev–Trinajstić information content (AvgIpc) is 2.75. The van der Waals surface area contributed by atoms with Gasteiger partial charge >= 0.3 is 0 Å². The van der Waals surface area contributed by atoms with Crippen LogP contribution in [0.2, 0.25) is 0 Å². The first kappa shape index (κ1) is 18.6. The first-order valence-corrected chi connectivity index (χ1v) is 9.83. The van der Waals surface area contributed by atoms with Gasteiger partial charge in [-0.15, -0.1) is 0 Å². The van der Waals surface area contributed by atoms with Gasteiger partial charge in [0.2, 0.25) is 10.9 Å². The van der Waals surface area contributed by atoms with Crippen molar-refractivity contribution in [2.75, 3.05) is 44.6 Å². The number of hydrogen-bond acceptors (Lipinski definition) is 5. The van der Waals surface area contributed by atoms with Crippen molar-refractivity contribution in [3.05, 3.63) is 86.7 Å². The Labute approximate surface area is 164 Å². The van der Waals surface area contributed by atoms with Gasteiger partial charge < -0.3 is 5.32 Å². The summed E-state index contributed by atoms with van der Waals surface area (Å²) in [5.74, 6) is 0. The van der Waals surface area contributed by atoms with Gasteiger partial charge in [-0.05, 0) is 11.1 Å². The molecule has 1 aliphatic rings. The molecule has 1 aliphatic heterocycles. The minimum atomic E-state index is -0.397. The number of benzene rings is 2. The molecule has 0 saturated carbocycles. The molecule has 0 aromatic heterocycles. The molecular weight excluding hydrogens is 350 g/mol. The van der Waals surface area contributed by atoms with Crippen LogP contribution in [-0.2, 0) is 6.54 Å². The third kappa shape index (κ3) is 4.06. The summed E-state index contributed by atoms with van der Waals surface area (Å²) < 4.78 is 0. The highest BCUT2D eigenvalue weighted by molar-refractivity contribution is 5.81. The number of rotatable bonds is 7. The van der Waals surface area contributed by atoms with Crippen LogP contribution in [0.3, 0.4) is 0 Å². The molecule has 0 bridgehead atoms. The van der Waals surface area contributed by atoms with Crippen LogP contribution in [0.4, 0.5) is 5.69 Å². The maximum absolute atomic E-state index is 12.0. The molecule has 1 heterocycles. The fraction of sp³-hybridized carbons (Fsp3) is 0.304. The molecule has 0 unspecified atom stereocenters.